The van der Waals surface area contributed by atoms with Crippen LogP contribution in [0.3, 0.4) is 0 Å². The van der Waals surface area contributed by atoms with Gasteiger partial charge in [0.2, 0.25) is 0 Å². The van der Waals surface area contributed by atoms with Crippen LogP contribution in [0.25, 0.3) is 60.9 Å². The summed E-state index contributed by atoms with van der Waals surface area (Å²) >= 11 is 0. The Balaban J connectivity index is 1.08. The van der Waals surface area contributed by atoms with Crippen molar-refractivity contribution in [2.45, 2.75) is 57.8 Å². The van der Waals surface area contributed by atoms with E-state index in [-0.39, 0.29) is 16.2 Å². The van der Waals surface area contributed by atoms with Gasteiger partial charge in [-0.15, -0.1) is 0 Å². The van der Waals surface area contributed by atoms with Crippen LogP contribution in [0.5, 0.6) is 0 Å². The summed E-state index contributed by atoms with van der Waals surface area (Å²) in [5.41, 5.74) is 23.1. The van der Waals surface area contributed by atoms with Gasteiger partial charge in [-0.05, 0) is 121 Å². The standard InChI is InChI=1S/C57H46N2/c1-55(2)46-21-14-13-20-42(46)43-29-26-37(31-49(43)55)36-24-27-40(28-25-36)58(39-18-11-8-12-19-39)41-33-45-44-30-38(35-16-9-7-10-17-35)32-50-52(44)59-53(45)51(34-41)57(5,6)48-23-15-22-47(54(48)59)56(50,3)4/h7-34H,1-6H3. The molecule has 0 fully saturated rings. The fourth-order valence-electron chi connectivity index (χ4n) is 11.2. The fourth-order valence-corrected chi connectivity index (χ4v) is 11.2. The van der Waals surface area contributed by atoms with E-state index in [0.717, 1.165) is 11.4 Å². The van der Waals surface area contributed by atoms with Crippen LogP contribution in [-0.4, -0.2) is 4.57 Å². The molecule has 0 unspecified atom stereocenters. The highest BCUT2D eigenvalue weighted by Crippen LogP contribution is 2.57. The lowest BCUT2D eigenvalue weighted by atomic mass is 9.68. The molecule has 0 amide bonds. The van der Waals surface area contributed by atoms with Gasteiger partial charge in [0.25, 0.3) is 0 Å². The summed E-state index contributed by atoms with van der Waals surface area (Å²) in [4.78, 5) is 2.46. The lowest BCUT2D eigenvalue weighted by Gasteiger charge is -2.42. The summed E-state index contributed by atoms with van der Waals surface area (Å²) in [7, 11) is 0. The lowest BCUT2D eigenvalue weighted by Crippen LogP contribution is -2.33. The zero-order valence-corrected chi connectivity index (χ0v) is 34.6. The molecular weight excluding hydrogens is 713 g/mol. The van der Waals surface area contributed by atoms with Gasteiger partial charge in [0.05, 0.1) is 16.7 Å². The zero-order chi connectivity index (χ0) is 40.0. The molecule has 2 heteroatoms. The first-order chi connectivity index (χ1) is 28.5. The van der Waals surface area contributed by atoms with Crippen LogP contribution in [-0.2, 0) is 16.2 Å². The van der Waals surface area contributed by atoms with Crippen LogP contribution < -0.4 is 4.90 Å². The summed E-state index contributed by atoms with van der Waals surface area (Å²) in [5, 5.41) is 2.62. The molecule has 1 aromatic heterocycles. The van der Waals surface area contributed by atoms with Crippen molar-refractivity contribution in [3.05, 3.63) is 203 Å². The van der Waals surface area contributed by atoms with Crippen molar-refractivity contribution >= 4 is 38.9 Å². The summed E-state index contributed by atoms with van der Waals surface area (Å²) in [5.74, 6) is 0. The van der Waals surface area contributed by atoms with Crippen LogP contribution in [0.1, 0.15) is 74.9 Å². The van der Waals surface area contributed by atoms with Crippen LogP contribution >= 0.6 is 0 Å². The van der Waals surface area contributed by atoms with Crippen molar-refractivity contribution in [3.8, 4) is 39.1 Å². The Bertz CT molecular complexity index is 3210. The van der Waals surface area contributed by atoms with Crippen molar-refractivity contribution < 1.29 is 0 Å². The molecule has 2 aliphatic heterocycles. The number of anilines is 3. The van der Waals surface area contributed by atoms with Crippen LogP contribution in [0.2, 0.25) is 0 Å². The first-order valence-corrected chi connectivity index (χ1v) is 21.1. The Morgan fingerprint density at radius 3 is 1.56 bits per heavy atom. The monoisotopic (exact) mass is 758 g/mol. The predicted molar refractivity (Wildman–Crippen MR) is 248 cm³/mol. The predicted octanol–water partition coefficient (Wildman–Crippen LogP) is 15.2. The van der Waals surface area contributed by atoms with E-state index in [1.807, 2.05) is 0 Å². The second-order valence-electron chi connectivity index (χ2n) is 18.6. The normalized spacial score (nSPS) is 15.7. The van der Waals surface area contributed by atoms with E-state index in [0.29, 0.717) is 0 Å². The van der Waals surface area contributed by atoms with Gasteiger partial charge in [0.1, 0.15) is 0 Å². The smallest absolute Gasteiger partial charge is 0.0583 e. The SMILES string of the molecule is CC1(C)c2ccccc2-c2ccc(-c3ccc(N(c4ccccc4)c4cc5c6c(c4)c4cc(-c7ccccc7)cc7c4n6-c4c(cccc4C5(C)C)C7(C)C)cc3)cc21. The summed E-state index contributed by atoms with van der Waals surface area (Å²) in [6.45, 7) is 14.4. The third-order valence-electron chi connectivity index (χ3n) is 14.3. The Morgan fingerprint density at radius 2 is 0.847 bits per heavy atom. The highest BCUT2D eigenvalue weighted by molar-refractivity contribution is 6.16. The molecule has 3 aliphatic rings. The summed E-state index contributed by atoms with van der Waals surface area (Å²) < 4.78 is 2.63. The molecule has 0 N–H and O–H groups in total. The van der Waals surface area contributed by atoms with E-state index in [9.17, 15) is 0 Å². The summed E-state index contributed by atoms with van der Waals surface area (Å²) in [6, 6.07) is 63.9. The molecule has 9 aromatic rings. The van der Waals surface area contributed by atoms with E-state index in [2.05, 4.69) is 221 Å². The Hall–Kier alpha value is -6.64. The topological polar surface area (TPSA) is 8.17 Å². The van der Waals surface area contributed by atoms with Crippen molar-refractivity contribution in [2.75, 3.05) is 4.90 Å². The molecule has 0 atom stereocenters. The van der Waals surface area contributed by atoms with Crippen molar-refractivity contribution in [1.82, 2.24) is 4.57 Å². The quantitative estimate of drug-likeness (QED) is 0.170. The van der Waals surface area contributed by atoms with E-state index >= 15 is 0 Å². The van der Waals surface area contributed by atoms with Crippen molar-refractivity contribution in [3.63, 3.8) is 0 Å². The first kappa shape index (κ1) is 34.4. The molecule has 0 radical (unpaired) electrons. The van der Waals surface area contributed by atoms with E-state index in [1.165, 1.54) is 99.9 Å². The highest BCUT2D eigenvalue weighted by atomic mass is 15.1. The minimum absolute atomic E-state index is 0.0399. The molecule has 1 aliphatic carbocycles. The summed E-state index contributed by atoms with van der Waals surface area (Å²) in [6.07, 6.45) is 0. The maximum atomic E-state index is 2.63. The molecule has 284 valence electrons. The minimum atomic E-state index is -0.229. The van der Waals surface area contributed by atoms with Gasteiger partial charge in [-0.25, -0.2) is 0 Å². The van der Waals surface area contributed by atoms with E-state index in [1.54, 1.807) is 0 Å². The highest BCUT2D eigenvalue weighted by Gasteiger charge is 2.44. The Labute approximate surface area is 347 Å². The molecule has 0 saturated carbocycles. The van der Waals surface area contributed by atoms with E-state index < -0.39 is 0 Å². The average Bonchev–Trinajstić information content (AvgIpc) is 3.71. The molecule has 0 spiro atoms. The number of nitrogens with zero attached hydrogens (tertiary/aromatic N) is 2. The second-order valence-corrected chi connectivity index (χ2v) is 18.6. The van der Waals surface area contributed by atoms with E-state index in [4.69, 9.17) is 0 Å². The molecule has 12 rings (SSSR count). The largest absolute Gasteiger partial charge is 0.310 e. The fraction of sp³-hybridized carbons (Fsp3) is 0.158. The number of rotatable bonds is 5. The molecular formula is C57H46N2. The second kappa shape index (κ2) is 11.7. The number of aromatic nitrogens is 1. The minimum Gasteiger partial charge on any atom is -0.310 e. The third kappa shape index (κ3) is 4.58. The molecule has 2 nitrogen and oxygen atoms in total. The van der Waals surface area contributed by atoms with Gasteiger partial charge in [0, 0.05) is 44.1 Å². The van der Waals surface area contributed by atoms with Gasteiger partial charge in [-0.1, -0.05) is 157 Å². The van der Waals surface area contributed by atoms with Gasteiger partial charge in [0.15, 0.2) is 0 Å². The maximum absolute atomic E-state index is 2.63. The average molecular weight is 759 g/mol. The molecule has 3 heterocycles. The van der Waals surface area contributed by atoms with Crippen LogP contribution in [0.15, 0.2) is 170 Å². The number of fused-ring (bicyclic) bond motifs is 4. The third-order valence-corrected chi connectivity index (χ3v) is 14.3. The molecule has 8 aromatic carbocycles. The number of hydrogen-bond donors (Lipinski definition) is 0. The number of benzene rings is 8. The van der Waals surface area contributed by atoms with Crippen LogP contribution in [0.4, 0.5) is 17.1 Å². The molecule has 0 bridgehead atoms. The van der Waals surface area contributed by atoms with Crippen molar-refractivity contribution in [1.29, 1.82) is 0 Å². The Kier molecular flexibility index (Phi) is 6.84. The number of para-hydroxylation sites is 2. The zero-order valence-electron chi connectivity index (χ0n) is 34.6. The van der Waals surface area contributed by atoms with Gasteiger partial charge in [-0.3, -0.25) is 0 Å². The van der Waals surface area contributed by atoms with Crippen molar-refractivity contribution in [2.24, 2.45) is 0 Å². The Morgan fingerprint density at radius 1 is 0.339 bits per heavy atom. The van der Waals surface area contributed by atoms with Gasteiger partial charge >= 0.3 is 0 Å². The van der Waals surface area contributed by atoms with Gasteiger partial charge < -0.3 is 9.47 Å². The first-order valence-electron chi connectivity index (χ1n) is 21.1. The number of hydrogen-bond acceptors (Lipinski definition) is 1. The molecule has 59 heavy (non-hydrogen) atoms. The van der Waals surface area contributed by atoms with Gasteiger partial charge in [-0.2, -0.15) is 0 Å². The van der Waals surface area contributed by atoms with Crippen LogP contribution in [0, 0.1) is 0 Å². The molecule has 0 saturated heterocycles. The lowest BCUT2D eigenvalue weighted by molar-refractivity contribution is 0.594. The maximum Gasteiger partial charge on any atom is 0.0583 e.